The standard InChI is InChI=1S/C21H30N2O3S2/c1-3-26-20(25)18-15-10-8-13(2)12-16(15)28-19(18)23-21(27)22-17(24)11-9-14-6-4-5-7-14/h13-14H,3-12H2,1-2H3,(H2,22,23,24,27)/t13-/m1/s1. The normalized spacial score (nSPS) is 19.1. The van der Waals surface area contributed by atoms with Crippen molar-refractivity contribution in [1.82, 2.24) is 5.32 Å². The van der Waals surface area contributed by atoms with Crippen LogP contribution in [0.15, 0.2) is 0 Å². The van der Waals surface area contributed by atoms with Crippen LogP contribution in [0, 0.1) is 11.8 Å². The highest BCUT2D eigenvalue weighted by Gasteiger charge is 2.29. The van der Waals surface area contributed by atoms with E-state index in [1.165, 1.54) is 30.6 Å². The molecule has 0 bridgehead atoms. The highest BCUT2D eigenvalue weighted by molar-refractivity contribution is 7.80. The Kier molecular flexibility index (Phi) is 7.46. The largest absolute Gasteiger partial charge is 0.462 e. The van der Waals surface area contributed by atoms with Gasteiger partial charge in [-0.1, -0.05) is 32.6 Å². The summed E-state index contributed by atoms with van der Waals surface area (Å²) in [4.78, 5) is 26.0. The maximum absolute atomic E-state index is 12.5. The van der Waals surface area contributed by atoms with E-state index in [1.54, 1.807) is 18.3 Å². The third-order valence-corrected chi connectivity index (χ3v) is 7.10. The number of thiophene rings is 1. The topological polar surface area (TPSA) is 67.4 Å². The maximum atomic E-state index is 12.5. The van der Waals surface area contributed by atoms with Crippen molar-refractivity contribution in [2.45, 2.75) is 71.6 Å². The molecule has 0 saturated heterocycles. The first kappa shape index (κ1) is 21.2. The van der Waals surface area contributed by atoms with E-state index >= 15 is 0 Å². The van der Waals surface area contributed by atoms with Crippen LogP contribution >= 0.6 is 23.6 Å². The molecule has 2 aliphatic rings. The lowest BCUT2D eigenvalue weighted by molar-refractivity contribution is -0.119. The van der Waals surface area contributed by atoms with Crippen LogP contribution in [0.2, 0.25) is 0 Å². The van der Waals surface area contributed by atoms with Crippen molar-refractivity contribution in [3.8, 4) is 0 Å². The smallest absolute Gasteiger partial charge is 0.341 e. The number of rotatable bonds is 6. The molecule has 0 aliphatic heterocycles. The molecule has 2 N–H and O–H groups in total. The highest BCUT2D eigenvalue weighted by Crippen LogP contribution is 2.40. The molecule has 0 radical (unpaired) electrons. The van der Waals surface area contributed by atoms with Gasteiger partial charge in [0.05, 0.1) is 12.2 Å². The first-order chi connectivity index (χ1) is 13.5. The van der Waals surface area contributed by atoms with Crippen molar-refractivity contribution in [2.75, 3.05) is 11.9 Å². The van der Waals surface area contributed by atoms with Crippen LogP contribution in [0.1, 0.15) is 79.6 Å². The predicted octanol–water partition coefficient (Wildman–Crippen LogP) is 4.83. The fourth-order valence-electron chi connectivity index (χ4n) is 4.22. The Morgan fingerprint density at radius 1 is 1.25 bits per heavy atom. The number of thiocarbonyl (C=S) groups is 1. The Bertz CT molecular complexity index is 738. The van der Waals surface area contributed by atoms with Crippen LogP contribution in [-0.2, 0) is 22.4 Å². The lowest BCUT2D eigenvalue weighted by Gasteiger charge is -2.18. The lowest BCUT2D eigenvalue weighted by Crippen LogP contribution is -2.34. The van der Waals surface area contributed by atoms with Gasteiger partial charge >= 0.3 is 5.97 Å². The Labute approximate surface area is 176 Å². The van der Waals surface area contributed by atoms with E-state index in [1.807, 2.05) is 0 Å². The quantitative estimate of drug-likeness (QED) is 0.507. The van der Waals surface area contributed by atoms with Gasteiger partial charge in [0.15, 0.2) is 5.11 Å². The van der Waals surface area contributed by atoms with E-state index < -0.39 is 0 Å². The molecule has 0 aromatic carbocycles. The number of fused-ring (bicyclic) bond motifs is 1. The Morgan fingerprint density at radius 2 is 2.00 bits per heavy atom. The van der Waals surface area contributed by atoms with Gasteiger partial charge in [0.1, 0.15) is 5.00 Å². The zero-order valence-electron chi connectivity index (χ0n) is 16.8. The molecule has 3 rings (SSSR count). The number of ether oxygens (including phenoxy) is 1. The average Bonchev–Trinajstić information content (AvgIpc) is 3.26. The monoisotopic (exact) mass is 422 g/mol. The summed E-state index contributed by atoms with van der Waals surface area (Å²) in [6.45, 7) is 4.37. The first-order valence-corrected chi connectivity index (χ1v) is 11.6. The van der Waals surface area contributed by atoms with Gasteiger partial charge in [-0.3, -0.25) is 4.79 Å². The number of esters is 1. The minimum atomic E-state index is -0.313. The Hall–Kier alpha value is -1.47. The maximum Gasteiger partial charge on any atom is 0.341 e. The van der Waals surface area contributed by atoms with Gasteiger partial charge in [-0.15, -0.1) is 11.3 Å². The predicted molar refractivity (Wildman–Crippen MR) is 117 cm³/mol. The van der Waals surface area contributed by atoms with Gasteiger partial charge in [0, 0.05) is 11.3 Å². The van der Waals surface area contributed by atoms with E-state index in [0.29, 0.717) is 35.4 Å². The summed E-state index contributed by atoms with van der Waals surface area (Å²) in [5.41, 5.74) is 1.68. The van der Waals surface area contributed by atoms with E-state index in [-0.39, 0.29) is 17.0 Å². The van der Waals surface area contributed by atoms with Crippen molar-refractivity contribution in [3.05, 3.63) is 16.0 Å². The van der Waals surface area contributed by atoms with E-state index in [9.17, 15) is 9.59 Å². The average molecular weight is 423 g/mol. The summed E-state index contributed by atoms with van der Waals surface area (Å²) in [6.07, 6.45) is 9.37. The van der Waals surface area contributed by atoms with Crippen LogP contribution in [0.5, 0.6) is 0 Å². The van der Waals surface area contributed by atoms with Crippen LogP contribution < -0.4 is 10.6 Å². The SMILES string of the molecule is CCOC(=O)c1c(NC(=S)NC(=O)CCC2CCCC2)sc2c1CC[C@@H](C)C2. The summed E-state index contributed by atoms with van der Waals surface area (Å²) in [5, 5.41) is 6.82. The number of carbonyl (C=O) groups excluding carboxylic acids is 2. The lowest BCUT2D eigenvalue weighted by atomic mass is 9.88. The number of anilines is 1. The number of hydrogen-bond acceptors (Lipinski definition) is 5. The molecule has 5 nitrogen and oxygen atoms in total. The van der Waals surface area contributed by atoms with E-state index in [4.69, 9.17) is 17.0 Å². The molecule has 2 aliphatic carbocycles. The number of hydrogen-bond donors (Lipinski definition) is 2. The summed E-state index contributed by atoms with van der Waals surface area (Å²) in [5.74, 6) is 0.912. The molecule has 7 heteroatoms. The summed E-state index contributed by atoms with van der Waals surface area (Å²) in [6, 6.07) is 0. The molecule has 1 aromatic rings. The number of amides is 1. The second-order valence-electron chi connectivity index (χ2n) is 7.97. The Morgan fingerprint density at radius 3 is 2.71 bits per heavy atom. The van der Waals surface area contributed by atoms with Crippen molar-refractivity contribution in [1.29, 1.82) is 0 Å². The molecule has 1 fully saturated rings. The molecule has 0 unspecified atom stereocenters. The molecular weight excluding hydrogens is 392 g/mol. The van der Waals surface area contributed by atoms with Gasteiger partial charge in [-0.2, -0.15) is 0 Å². The number of carbonyl (C=O) groups is 2. The van der Waals surface area contributed by atoms with Crippen LogP contribution in [0.25, 0.3) is 0 Å². The van der Waals surface area contributed by atoms with Gasteiger partial charge in [-0.05, 0) is 62.2 Å². The zero-order valence-corrected chi connectivity index (χ0v) is 18.4. The highest BCUT2D eigenvalue weighted by atomic mass is 32.1. The van der Waals surface area contributed by atoms with Crippen LogP contribution in [0.4, 0.5) is 5.00 Å². The van der Waals surface area contributed by atoms with Gasteiger partial charge in [-0.25, -0.2) is 4.79 Å². The first-order valence-electron chi connectivity index (χ1n) is 10.4. The Balaban J connectivity index is 1.64. The fraction of sp³-hybridized carbons (Fsp3) is 0.667. The fourth-order valence-corrected chi connectivity index (χ4v) is 5.90. The van der Waals surface area contributed by atoms with Gasteiger partial charge in [0.25, 0.3) is 0 Å². The van der Waals surface area contributed by atoms with Crippen molar-refractivity contribution < 1.29 is 14.3 Å². The molecule has 1 amide bonds. The van der Waals surface area contributed by atoms with E-state index in [0.717, 1.165) is 31.2 Å². The molecule has 28 heavy (non-hydrogen) atoms. The van der Waals surface area contributed by atoms with Crippen molar-refractivity contribution in [2.24, 2.45) is 11.8 Å². The van der Waals surface area contributed by atoms with E-state index in [2.05, 4.69) is 17.6 Å². The number of nitrogens with one attached hydrogen (secondary N) is 2. The zero-order chi connectivity index (χ0) is 20.1. The minimum Gasteiger partial charge on any atom is -0.462 e. The summed E-state index contributed by atoms with van der Waals surface area (Å²) < 4.78 is 5.28. The summed E-state index contributed by atoms with van der Waals surface area (Å²) in [7, 11) is 0. The minimum absolute atomic E-state index is 0.0583. The van der Waals surface area contributed by atoms with Gasteiger partial charge in [0.2, 0.25) is 5.91 Å². The molecule has 1 atom stereocenters. The van der Waals surface area contributed by atoms with Gasteiger partial charge < -0.3 is 15.4 Å². The molecular formula is C21H30N2O3S2. The van der Waals surface area contributed by atoms with Crippen LogP contribution in [-0.4, -0.2) is 23.6 Å². The van der Waals surface area contributed by atoms with Crippen molar-refractivity contribution in [3.63, 3.8) is 0 Å². The van der Waals surface area contributed by atoms with Crippen molar-refractivity contribution >= 4 is 45.5 Å². The molecule has 0 spiro atoms. The second-order valence-corrected chi connectivity index (χ2v) is 9.48. The second kappa shape index (κ2) is 9.83. The molecule has 154 valence electrons. The van der Waals surface area contributed by atoms with Crippen LogP contribution in [0.3, 0.4) is 0 Å². The molecule has 1 aromatic heterocycles. The molecule has 1 heterocycles. The third-order valence-electron chi connectivity index (χ3n) is 5.73. The molecule has 1 saturated carbocycles. The third kappa shape index (κ3) is 5.32. The summed E-state index contributed by atoms with van der Waals surface area (Å²) >= 11 is 6.91.